The Labute approximate surface area is 208 Å². The molecule has 1 fully saturated rings. The van der Waals surface area contributed by atoms with Crippen molar-refractivity contribution in [3.05, 3.63) is 94.6 Å². The first-order chi connectivity index (χ1) is 17.4. The Kier molecular flexibility index (Phi) is 6.32. The highest BCUT2D eigenvalue weighted by Gasteiger charge is 2.58. The summed E-state index contributed by atoms with van der Waals surface area (Å²) in [6.07, 6.45) is 0. The van der Waals surface area contributed by atoms with Gasteiger partial charge in [0.15, 0.2) is 17.1 Å². The predicted molar refractivity (Wildman–Crippen MR) is 130 cm³/mol. The van der Waals surface area contributed by atoms with E-state index in [1.807, 2.05) is 9.80 Å². The summed E-state index contributed by atoms with van der Waals surface area (Å²) in [7, 11) is 3.03. The number of halogens is 2. The molecule has 3 aromatic carbocycles. The molecule has 3 aromatic rings. The van der Waals surface area contributed by atoms with Crippen LogP contribution in [0.2, 0.25) is 0 Å². The molecule has 36 heavy (non-hydrogen) atoms. The van der Waals surface area contributed by atoms with Crippen LogP contribution in [-0.2, 0) is 12.1 Å². The second-order valence-corrected chi connectivity index (χ2v) is 9.01. The van der Waals surface area contributed by atoms with Crippen molar-refractivity contribution in [3.63, 3.8) is 0 Å². The first-order valence-electron chi connectivity index (χ1n) is 11.7. The van der Waals surface area contributed by atoms with Gasteiger partial charge in [0.05, 0.1) is 14.2 Å². The molecule has 0 amide bonds. The van der Waals surface area contributed by atoms with E-state index in [-0.39, 0.29) is 23.7 Å². The Hall–Kier alpha value is -3.62. The van der Waals surface area contributed by atoms with Gasteiger partial charge in [0.25, 0.3) is 0 Å². The van der Waals surface area contributed by atoms with Gasteiger partial charge < -0.3 is 9.47 Å². The van der Waals surface area contributed by atoms with Crippen molar-refractivity contribution in [1.82, 2.24) is 9.80 Å². The number of nitrogens with zero attached hydrogens (tertiary/aromatic N) is 2. The molecule has 5 rings (SSSR count). The fraction of sp³-hybridized carbons (Fsp3) is 0.286. The molecule has 2 aliphatic rings. The highest BCUT2D eigenvalue weighted by molar-refractivity contribution is 6.32. The van der Waals surface area contributed by atoms with Crippen molar-refractivity contribution in [1.29, 1.82) is 0 Å². The van der Waals surface area contributed by atoms with Gasteiger partial charge in [-0.15, -0.1) is 0 Å². The quantitative estimate of drug-likeness (QED) is 0.484. The number of hydrogen-bond donors (Lipinski definition) is 0. The number of methoxy groups -OCH3 is 2. The van der Waals surface area contributed by atoms with Crippen LogP contribution in [0, 0.1) is 11.6 Å². The van der Waals surface area contributed by atoms with Crippen LogP contribution in [0.3, 0.4) is 0 Å². The topological polar surface area (TPSA) is 59.1 Å². The van der Waals surface area contributed by atoms with E-state index < -0.39 is 17.2 Å². The van der Waals surface area contributed by atoms with Gasteiger partial charge in [-0.1, -0.05) is 24.3 Å². The fourth-order valence-corrected chi connectivity index (χ4v) is 5.27. The van der Waals surface area contributed by atoms with Crippen molar-refractivity contribution in [2.45, 2.75) is 12.1 Å². The number of ether oxygens (including phenoxy) is 2. The number of carbonyl (C=O) groups is 2. The molecule has 0 unspecified atom stereocenters. The van der Waals surface area contributed by atoms with Crippen LogP contribution in [0.4, 0.5) is 8.78 Å². The van der Waals surface area contributed by atoms with Gasteiger partial charge in [-0.2, -0.15) is 0 Å². The van der Waals surface area contributed by atoms with Crippen LogP contribution in [0.25, 0.3) is 0 Å². The monoisotopic (exact) mass is 492 g/mol. The zero-order valence-corrected chi connectivity index (χ0v) is 20.1. The Morgan fingerprint density at radius 2 is 1.39 bits per heavy atom. The Morgan fingerprint density at radius 1 is 0.806 bits per heavy atom. The lowest BCUT2D eigenvalue weighted by molar-refractivity contribution is 0.0277. The number of hydrogen-bond acceptors (Lipinski definition) is 6. The summed E-state index contributed by atoms with van der Waals surface area (Å²) in [4.78, 5) is 32.0. The Bertz CT molecular complexity index is 1280. The van der Waals surface area contributed by atoms with Crippen molar-refractivity contribution < 1.29 is 27.8 Å². The van der Waals surface area contributed by atoms with Crippen LogP contribution < -0.4 is 9.47 Å². The average molecular weight is 493 g/mol. The van der Waals surface area contributed by atoms with Crippen LogP contribution >= 0.6 is 0 Å². The number of Topliss-reactive ketones (excluding diaryl/α,β-unsaturated/α-hetero) is 2. The van der Waals surface area contributed by atoms with Crippen LogP contribution in [0.5, 0.6) is 11.5 Å². The standard InChI is InChI=1S/C28H26F2N2O4/c1-35-21-14-19(15-22(16-21)36-2)28(26(33)23-5-3-4-6-24(23)27(28)34)32-11-9-31(10-12-32)17-18-13-20(29)7-8-25(18)30/h3-8,13-16H,9-12,17H2,1-2H3. The molecule has 8 heteroatoms. The molecule has 0 aromatic heterocycles. The normalized spacial score (nSPS) is 17.8. The van der Waals surface area contributed by atoms with E-state index in [1.165, 1.54) is 20.3 Å². The van der Waals surface area contributed by atoms with Crippen LogP contribution in [-0.4, -0.2) is 61.8 Å². The van der Waals surface area contributed by atoms with Gasteiger partial charge in [0, 0.05) is 55.5 Å². The molecule has 0 saturated carbocycles. The third kappa shape index (κ3) is 3.86. The molecule has 0 N–H and O–H groups in total. The minimum atomic E-state index is -1.57. The predicted octanol–water partition coefficient (Wildman–Crippen LogP) is 4.07. The van der Waals surface area contributed by atoms with Gasteiger partial charge in [0.2, 0.25) is 0 Å². The van der Waals surface area contributed by atoms with E-state index in [0.717, 1.165) is 12.1 Å². The maximum Gasteiger partial charge on any atom is 0.196 e. The van der Waals surface area contributed by atoms with Crippen LogP contribution in [0.1, 0.15) is 31.8 Å². The van der Waals surface area contributed by atoms with Gasteiger partial charge in [-0.3, -0.25) is 19.4 Å². The second-order valence-electron chi connectivity index (χ2n) is 9.01. The minimum absolute atomic E-state index is 0.236. The van der Waals surface area contributed by atoms with Gasteiger partial charge in [-0.25, -0.2) is 8.78 Å². The molecule has 1 aliphatic heterocycles. The zero-order chi connectivity index (χ0) is 25.4. The van der Waals surface area contributed by atoms with E-state index in [1.54, 1.807) is 42.5 Å². The van der Waals surface area contributed by atoms with Gasteiger partial charge >= 0.3 is 0 Å². The summed E-state index contributed by atoms with van der Waals surface area (Å²) >= 11 is 0. The maximum absolute atomic E-state index is 14.2. The average Bonchev–Trinajstić information content (AvgIpc) is 3.13. The third-order valence-corrected chi connectivity index (χ3v) is 7.09. The number of ketones is 2. The summed E-state index contributed by atoms with van der Waals surface area (Å²) in [5.74, 6) is -0.585. The van der Waals surface area contributed by atoms with Crippen molar-refractivity contribution in [3.8, 4) is 11.5 Å². The highest BCUT2D eigenvalue weighted by atomic mass is 19.1. The molecular weight excluding hydrogens is 466 g/mol. The highest BCUT2D eigenvalue weighted by Crippen LogP contribution is 2.45. The van der Waals surface area contributed by atoms with E-state index in [2.05, 4.69) is 0 Å². The molecule has 0 spiro atoms. The van der Waals surface area contributed by atoms with E-state index in [0.29, 0.717) is 54.4 Å². The lowest BCUT2D eigenvalue weighted by Crippen LogP contribution is -2.60. The largest absolute Gasteiger partial charge is 0.497 e. The second kappa shape index (κ2) is 9.44. The summed E-state index contributed by atoms with van der Waals surface area (Å²) in [6.45, 7) is 1.93. The molecule has 1 saturated heterocycles. The number of rotatable bonds is 6. The summed E-state index contributed by atoms with van der Waals surface area (Å²) in [5, 5.41) is 0. The van der Waals surface area contributed by atoms with Crippen molar-refractivity contribution >= 4 is 11.6 Å². The minimum Gasteiger partial charge on any atom is -0.497 e. The lowest BCUT2D eigenvalue weighted by atomic mass is 9.82. The smallest absolute Gasteiger partial charge is 0.196 e. The van der Waals surface area contributed by atoms with Crippen molar-refractivity contribution in [2.75, 3.05) is 40.4 Å². The van der Waals surface area contributed by atoms with E-state index in [9.17, 15) is 18.4 Å². The zero-order valence-electron chi connectivity index (χ0n) is 20.1. The first kappa shape index (κ1) is 24.1. The molecule has 6 nitrogen and oxygen atoms in total. The fourth-order valence-electron chi connectivity index (χ4n) is 5.27. The van der Waals surface area contributed by atoms with Gasteiger partial charge in [-0.05, 0) is 35.9 Å². The molecule has 0 atom stereocenters. The SMILES string of the molecule is COc1cc(OC)cc(C2(N3CCN(Cc4cc(F)ccc4F)CC3)C(=O)c3ccccc3C2=O)c1. The number of benzene rings is 3. The van der Waals surface area contributed by atoms with E-state index in [4.69, 9.17) is 9.47 Å². The molecule has 1 aliphatic carbocycles. The Balaban J connectivity index is 1.52. The molecule has 186 valence electrons. The molecule has 0 bridgehead atoms. The first-order valence-corrected chi connectivity index (χ1v) is 11.7. The van der Waals surface area contributed by atoms with E-state index >= 15 is 0 Å². The number of piperazine rings is 1. The third-order valence-electron chi connectivity index (χ3n) is 7.09. The van der Waals surface area contributed by atoms with Gasteiger partial charge in [0.1, 0.15) is 23.1 Å². The van der Waals surface area contributed by atoms with Crippen molar-refractivity contribution in [2.24, 2.45) is 0 Å². The number of fused-ring (bicyclic) bond motifs is 1. The molecule has 0 radical (unpaired) electrons. The maximum atomic E-state index is 14.2. The summed E-state index contributed by atoms with van der Waals surface area (Å²) < 4.78 is 38.8. The Morgan fingerprint density at radius 3 is 1.94 bits per heavy atom. The number of carbonyl (C=O) groups excluding carboxylic acids is 2. The molecular formula is C28H26F2N2O4. The summed E-state index contributed by atoms with van der Waals surface area (Å²) in [5.41, 5.74) is -0.0467. The van der Waals surface area contributed by atoms with Crippen LogP contribution in [0.15, 0.2) is 60.7 Å². The summed E-state index contributed by atoms with van der Waals surface area (Å²) in [6, 6.07) is 15.4. The lowest BCUT2D eigenvalue weighted by Gasteiger charge is -2.44. The molecule has 1 heterocycles.